The van der Waals surface area contributed by atoms with Crippen molar-refractivity contribution in [2.75, 3.05) is 16.2 Å². The van der Waals surface area contributed by atoms with Crippen LogP contribution in [0.3, 0.4) is 0 Å². The molecule has 0 fully saturated rings. The van der Waals surface area contributed by atoms with Gasteiger partial charge >= 0.3 is 0 Å². The van der Waals surface area contributed by atoms with Crippen molar-refractivity contribution < 1.29 is 18.0 Å². The van der Waals surface area contributed by atoms with Crippen LogP contribution in [0.2, 0.25) is 0 Å². The first kappa shape index (κ1) is 26.0. The van der Waals surface area contributed by atoms with Crippen molar-refractivity contribution in [1.29, 1.82) is 0 Å². The molecule has 2 amide bonds. The van der Waals surface area contributed by atoms with Gasteiger partial charge in [-0.25, -0.2) is 8.42 Å². The van der Waals surface area contributed by atoms with Gasteiger partial charge in [0, 0.05) is 5.54 Å². The van der Waals surface area contributed by atoms with E-state index in [-0.39, 0.29) is 10.8 Å². The molecule has 184 valence electrons. The zero-order chi connectivity index (χ0) is 25.8. The molecule has 0 saturated heterocycles. The highest BCUT2D eigenvalue weighted by Crippen LogP contribution is 2.28. The Hall–Kier alpha value is -3.65. The minimum Gasteiger partial charge on any atom is -0.347 e. The van der Waals surface area contributed by atoms with E-state index in [9.17, 15) is 18.0 Å². The van der Waals surface area contributed by atoms with Crippen LogP contribution < -0.4 is 14.9 Å². The number of sulfonamides is 1. The molecule has 0 aliphatic rings. The van der Waals surface area contributed by atoms with Gasteiger partial charge in [0.05, 0.1) is 21.8 Å². The van der Waals surface area contributed by atoms with E-state index < -0.39 is 28.0 Å². The molecule has 7 nitrogen and oxygen atoms in total. The molecule has 3 aromatic carbocycles. The van der Waals surface area contributed by atoms with Crippen molar-refractivity contribution in [3.8, 4) is 0 Å². The molecule has 0 saturated carbocycles. The van der Waals surface area contributed by atoms with Gasteiger partial charge in [-0.2, -0.15) is 0 Å². The highest BCUT2D eigenvalue weighted by atomic mass is 32.2. The van der Waals surface area contributed by atoms with Gasteiger partial charge in [0.15, 0.2) is 0 Å². The van der Waals surface area contributed by atoms with E-state index in [4.69, 9.17) is 0 Å². The molecule has 3 rings (SSSR count). The summed E-state index contributed by atoms with van der Waals surface area (Å²) in [7, 11) is -4.03. The Kier molecular flexibility index (Phi) is 7.65. The second-order valence-corrected chi connectivity index (χ2v) is 11.3. The Labute approximate surface area is 207 Å². The fourth-order valence-electron chi connectivity index (χ4n) is 3.62. The fourth-order valence-corrected chi connectivity index (χ4v) is 5.13. The van der Waals surface area contributed by atoms with Crippen LogP contribution in [0.1, 0.15) is 42.3 Å². The molecule has 0 aromatic heterocycles. The van der Waals surface area contributed by atoms with Crippen molar-refractivity contribution in [2.45, 2.75) is 45.1 Å². The average Bonchev–Trinajstić information content (AvgIpc) is 2.77. The van der Waals surface area contributed by atoms with Crippen LogP contribution >= 0.6 is 0 Å². The summed E-state index contributed by atoms with van der Waals surface area (Å²) in [4.78, 5) is 26.0. The maximum absolute atomic E-state index is 13.6. The normalized spacial score (nSPS) is 11.6. The monoisotopic (exact) mass is 493 g/mol. The number of para-hydroxylation sites is 1. The Morgan fingerprint density at radius 2 is 1.51 bits per heavy atom. The Morgan fingerprint density at radius 1 is 0.886 bits per heavy atom. The number of benzene rings is 3. The summed E-state index contributed by atoms with van der Waals surface area (Å²) in [6.45, 7) is 8.85. The van der Waals surface area contributed by atoms with Crippen LogP contribution in [0.15, 0.2) is 77.7 Å². The molecule has 0 radical (unpaired) electrons. The number of nitrogens with zero attached hydrogens (tertiary/aromatic N) is 1. The third kappa shape index (κ3) is 6.48. The predicted octanol–water partition coefficient (Wildman–Crippen LogP) is 4.67. The molecule has 0 bridgehead atoms. The second kappa shape index (κ2) is 10.3. The minimum absolute atomic E-state index is 0.0812. The smallest absolute Gasteiger partial charge is 0.264 e. The van der Waals surface area contributed by atoms with Gasteiger partial charge in [-0.15, -0.1) is 0 Å². The number of anilines is 2. The molecule has 0 heterocycles. The van der Waals surface area contributed by atoms with Crippen molar-refractivity contribution in [2.24, 2.45) is 0 Å². The van der Waals surface area contributed by atoms with E-state index >= 15 is 0 Å². The molecule has 0 aliphatic carbocycles. The largest absolute Gasteiger partial charge is 0.347 e. The molecule has 8 heteroatoms. The molecular formula is C27H31N3O4S. The van der Waals surface area contributed by atoms with Gasteiger partial charge in [-0.3, -0.25) is 13.9 Å². The third-order valence-corrected chi connectivity index (χ3v) is 6.95. The summed E-state index contributed by atoms with van der Waals surface area (Å²) in [5.74, 6) is -0.906. The summed E-state index contributed by atoms with van der Waals surface area (Å²) >= 11 is 0. The fraction of sp³-hybridized carbons (Fsp3) is 0.259. The summed E-state index contributed by atoms with van der Waals surface area (Å²) in [5.41, 5.74) is 2.25. The van der Waals surface area contributed by atoms with E-state index in [1.54, 1.807) is 61.5 Å². The van der Waals surface area contributed by atoms with Gasteiger partial charge in [0.1, 0.15) is 6.54 Å². The van der Waals surface area contributed by atoms with Crippen molar-refractivity contribution in [3.63, 3.8) is 0 Å². The number of carbonyl (C=O) groups is 2. The number of hydrogen-bond donors (Lipinski definition) is 2. The lowest BCUT2D eigenvalue weighted by Crippen LogP contribution is -2.41. The zero-order valence-electron chi connectivity index (χ0n) is 20.6. The molecule has 3 aromatic rings. The number of amides is 2. The quantitative estimate of drug-likeness (QED) is 0.500. The van der Waals surface area contributed by atoms with Crippen LogP contribution in [0, 0.1) is 13.8 Å². The van der Waals surface area contributed by atoms with Crippen LogP contribution in [-0.4, -0.2) is 32.3 Å². The first-order valence-corrected chi connectivity index (χ1v) is 12.7. The maximum atomic E-state index is 13.6. The number of nitrogens with one attached hydrogen (secondary N) is 2. The number of hydrogen-bond acceptors (Lipinski definition) is 4. The molecular weight excluding hydrogens is 462 g/mol. The zero-order valence-corrected chi connectivity index (χ0v) is 21.4. The van der Waals surface area contributed by atoms with E-state index in [2.05, 4.69) is 10.6 Å². The number of rotatable bonds is 7. The van der Waals surface area contributed by atoms with Gasteiger partial charge in [0.25, 0.3) is 15.9 Å². The summed E-state index contributed by atoms with van der Waals surface area (Å²) in [5, 5.41) is 5.60. The van der Waals surface area contributed by atoms with Gasteiger partial charge in [-0.1, -0.05) is 48.0 Å². The lowest BCUT2D eigenvalue weighted by Gasteiger charge is -2.26. The Bertz CT molecular complexity index is 1330. The molecule has 0 unspecified atom stereocenters. The van der Waals surface area contributed by atoms with Crippen molar-refractivity contribution >= 4 is 33.2 Å². The highest BCUT2D eigenvalue weighted by molar-refractivity contribution is 7.92. The van der Waals surface area contributed by atoms with Gasteiger partial charge < -0.3 is 10.6 Å². The summed E-state index contributed by atoms with van der Waals surface area (Å²) < 4.78 is 28.2. The summed E-state index contributed by atoms with van der Waals surface area (Å²) in [6, 6.07) is 20.0. The van der Waals surface area contributed by atoms with E-state index in [1.165, 1.54) is 12.1 Å². The van der Waals surface area contributed by atoms with Crippen LogP contribution in [0.5, 0.6) is 0 Å². The molecule has 0 atom stereocenters. The minimum atomic E-state index is -4.03. The second-order valence-electron chi connectivity index (χ2n) is 9.41. The topological polar surface area (TPSA) is 95.6 Å². The molecule has 2 N–H and O–H groups in total. The van der Waals surface area contributed by atoms with Crippen LogP contribution in [0.25, 0.3) is 0 Å². The van der Waals surface area contributed by atoms with Crippen molar-refractivity contribution in [1.82, 2.24) is 5.32 Å². The molecule has 35 heavy (non-hydrogen) atoms. The SMILES string of the molecule is Cc1ccc(N(CC(=O)Nc2ccccc2C(=O)NC(C)(C)C)S(=O)(=O)c2ccccc2)c(C)c1. The lowest BCUT2D eigenvalue weighted by molar-refractivity contribution is -0.114. The molecule has 0 spiro atoms. The number of carbonyl (C=O) groups excluding carboxylic acids is 2. The van der Waals surface area contributed by atoms with Gasteiger partial charge in [0.2, 0.25) is 5.91 Å². The van der Waals surface area contributed by atoms with Crippen LogP contribution in [-0.2, 0) is 14.8 Å². The first-order valence-electron chi connectivity index (χ1n) is 11.2. The maximum Gasteiger partial charge on any atom is 0.264 e. The third-order valence-electron chi connectivity index (χ3n) is 5.17. The van der Waals surface area contributed by atoms with E-state index in [1.807, 2.05) is 33.8 Å². The molecule has 0 aliphatic heterocycles. The lowest BCUT2D eigenvalue weighted by atomic mass is 10.1. The first-order chi connectivity index (χ1) is 16.4. The Balaban J connectivity index is 1.95. The highest BCUT2D eigenvalue weighted by Gasteiger charge is 2.29. The van der Waals surface area contributed by atoms with Crippen molar-refractivity contribution in [3.05, 3.63) is 89.5 Å². The van der Waals surface area contributed by atoms with Crippen LogP contribution in [0.4, 0.5) is 11.4 Å². The Morgan fingerprint density at radius 3 is 2.14 bits per heavy atom. The predicted molar refractivity (Wildman–Crippen MR) is 139 cm³/mol. The van der Waals surface area contributed by atoms with E-state index in [0.29, 0.717) is 16.9 Å². The van der Waals surface area contributed by atoms with E-state index in [0.717, 1.165) is 15.4 Å². The standard InChI is InChI=1S/C27H31N3O4S/c1-19-15-16-24(20(2)17-19)30(35(33,34)21-11-7-6-8-12-21)18-25(31)28-23-14-10-9-13-22(23)26(32)29-27(3,4)5/h6-17H,18H2,1-5H3,(H,28,31)(H,29,32). The summed E-state index contributed by atoms with van der Waals surface area (Å²) in [6.07, 6.45) is 0. The average molecular weight is 494 g/mol. The van der Waals surface area contributed by atoms with Gasteiger partial charge in [-0.05, 0) is 70.5 Å². The number of aryl methyl sites for hydroxylation is 2.